The van der Waals surface area contributed by atoms with Crippen molar-refractivity contribution in [3.63, 3.8) is 0 Å². The highest BCUT2D eigenvalue weighted by molar-refractivity contribution is 7.00. The second kappa shape index (κ2) is 13.7. The van der Waals surface area contributed by atoms with E-state index in [0.717, 1.165) is 11.4 Å². The minimum absolute atomic E-state index is 0.0167. The Kier molecular flexibility index (Phi) is 7.96. The minimum Gasteiger partial charge on any atom is -0.311 e. The lowest BCUT2D eigenvalue weighted by Gasteiger charge is -2.44. The summed E-state index contributed by atoms with van der Waals surface area (Å²) >= 11 is 0. The van der Waals surface area contributed by atoms with Crippen LogP contribution in [0.1, 0.15) is 0 Å². The summed E-state index contributed by atoms with van der Waals surface area (Å²) in [5.74, 6) is 0. The second-order valence-electron chi connectivity index (χ2n) is 14.9. The fraction of sp³-hybridized carbons (Fsp3) is 0. The Balaban J connectivity index is 1.17. The third-order valence-corrected chi connectivity index (χ3v) is 11.7. The molecule has 0 fully saturated rings. The third-order valence-electron chi connectivity index (χ3n) is 11.7. The van der Waals surface area contributed by atoms with Crippen LogP contribution in [0.25, 0.3) is 44.5 Å². The van der Waals surface area contributed by atoms with E-state index in [-0.39, 0.29) is 6.71 Å². The summed E-state index contributed by atoms with van der Waals surface area (Å²) in [7, 11) is 0. The number of anilines is 6. The van der Waals surface area contributed by atoms with E-state index in [2.05, 4.69) is 234 Å². The molecule has 2 aliphatic rings. The number of fused-ring (bicyclic) bond motifs is 4. The zero-order valence-electron chi connectivity index (χ0n) is 31.3. The van der Waals surface area contributed by atoms with Crippen molar-refractivity contribution < 1.29 is 0 Å². The molecule has 0 saturated heterocycles. The lowest BCUT2D eigenvalue weighted by atomic mass is 9.33. The molecule has 57 heavy (non-hydrogen) atoms. The quantitative estimate of drug-likeness (QED) is 0.158. The summed E-state index contributed by atoms with van der Waals surface area (Å²) in [4.78, 5) is 4.99. The summed E-state index contributed by atoms with van der Waals surface area (Å²) in [5, 5.41) is 0. The van der Waals surface area contributed by atoms with Gasteiger partial charge in [0.2, 0.25) is 0 Å². The lowest BCUT2D eigenvalue weighted by molar-refractivity contribution is 1.25. The molecule has 0 aromatic heterocycles. The van der Waals surface area contributed by atoms with Crippen molar-refractivity contribution in [3.05, 3.63) is 224 Å². The van der Waals surface area contributed by atoms with E-state index in [1.807, 2.05) is 0 Å². The highest BCUT2D eigenvalue weighted by Gasteiger charge is 2.43. The molecule has 9 aromatic rings. The van der Waals surface area contributed by atoms with Gasteiger partial charge in [-0.25, -0.2) is 0 Å². The van der Waals surface area contributed by atoms with Gasteiger partial charge in [-0.1, -0.05) is 176 Å². The molecule has 9 aromatic carbocycles. The van der Waals surface area contributed by atoms with Gasteiger partial charge in [0.25, 0.3) is 6.71 Å². The monoisotopic (exact) mass is 724 g/mol. The van der Waals surface area contributed by atoms with Gasteiger partial charge >= 0.3 is 0 Å². The smallest absolute Gasteiger partial charge is 0.252 e. The molecule has 0 atom stereocenters. The van der Waals surface area contributed by atoms with Crippen LogP contribution in [-0.2, 0) is 0 Å². The highest BCUT2D eigenvalue weighted by atomic mass is 15.2. The fourth-order valence-electron chi connectivity index (χ4n) is 9.00. The van der Waals surface area contributed by atoms with Gasteiger partial charge in [-0.2, -0.15) is 0 Å². The number of hydrogen-bond donors (Lipinski definition) is 0. The van der Waals surface area contributed by atoms with Gasteiger partial charge in [0, 0.05) is 34.1 Å². The average Bonchev–Trinajstić information content (AvgIpc) is 3.30. The first-order chi connectivity index (χ1) is 28.3. The van der Waals surface area contributed by atoms with Gasteiger partial charge in [0.1, 0.15) is 0 Å². The average molecular weight is 725 g/mol. The maximum Gasteiger partial charge on any atom is 0.252 e. The number of benzene rings is 9. The Morgan fingerprint density at radius 3 is 1.28 bits per heavy atom. The molecule has 0 aliphatic carbocycles. The molecule has 0 spiro atoms. The minimum atomic E-state index is 0.0167. The predicted octanol–water partition coefficient (Wildman–Crippen LogP) is 12.4. The number of rotatable bonds is 6. The van der Waals surface area contributed by atoms with Crippen molar-refractivity contribution in [1.82, 2.24) is 0 Å². The van der Waals surface area contributed by atoms with Gasteiger partial charge in [0.15, 0.2) is 0 Å². The topological polar surface area (TPSA) is 6.48 Å². The zero-order chi connectivity index (χ0) is 37.7. The van der Waals surface area contributed by atoms with Crippen LogP contribution >= 0.6 is 0 Å². The summed E-state index contributed by atoms with van der Waals surface area (Å²) in [6.07, 6.45) is 0. The summed E-state index contributed by atoms with van der Waals surface area (Å²) in [6.45, 7) is 0.0167. The van der Waals surface area contributed by atoms with Gasteiger partial charge < -0.3 is 9.80 Å². The Labute approximate surface area is 334 Å². The van der Waals surface area contributed by atoms with Gasteiger partial charge in [-0.15, -0.1) is 0 Å². The van der Waals surface area contributed by atoms with E-state index in [1.54, 1.807) is 0 Å². The largest absolute Gasteiger partial charge is 0.311 e. The molecule has 0 radical (unpaired) electrons. The molecule has 3 heteroatoms. The summed E-state index contributed by atoms with van der Waals surface area (Å²) in [6, 6.07) is 82.0. The molecule has 0 amide bonds. The van der Waals surface area contributed by atoms with Crippen molar-refractivity contribution in [2.24, 2.45) is 0 Å². The summed E-state index contributed by atoms with van der Waals surface area (Å²) in [5.41, 5.74) is 20.6. The van der Waals surface area contributed by atoms with E-state index < -0.39 is 0 Å². The molecule has 0 unspecified atom stereocenters. The van der Waals surface area contributed by atoms with Crippen molar-refractivity contribution in [3.8, 4) is 44.5 Å². The molecule has 266 valence electrons. The Bertz CT molecular complexity index is 2890. The molecule has 11 rings (SSSR count). The van der Waals surface area contributed by atoms with Crippen molar-refractivity contribution in [2.45, 2.75) is 0 Å². The van der Waals surface area contributed by atoms with E-state index >= 15 is 0 Å². The maximum absolute atomic E-state index is 2.50. The fourth-order valence-corrected chi connectivity index (χ4v) is 9.00. The van der Waals surface area contributed by atoms with Crippen LogP contribution in [0.15, 0.2) is 224 Å². The maximum atomic E-state index is 2.50. The molecule has 0 bridgehead atoms. The molecular weight excluding hydrogens is 687 g/mol. The Morgan fingerprint density at radius 2 is 0.684 bits per heavy atom. The van der Waals surface area contributed by atoms with E-state index in [4.69, 9.17) is 0 Å². The van der Waals surface area contributed by atoms with Gasteiger partial charge in [-0.05, 0) is 109 Å². The van der Waals surface area contributed by atoms with Gasteiger partial charge in [-0.3, -0.25) is 0 Å². The van der Waals surface area contributed by atoms with E-state index in [0.29, 0.717) is 0 Å². The predicted molar refractivity (Wildman–Crippen MR) is 242 cm³/mol. The van der Waals surface area contributed by atoms with E-state index in [9.17, 15) is 0 Å². The Hall–Kier alpha value is -7.36. The molecule has 2 nitrogen and oxygen atoms in total. The van der Waals surface area contributed by atoms with Crippen LogP contribution in [0.5, 0.6) is 0 Å². The third kappa shape index (κ3) is 5.67. The Morgan fingerprint density at radius 1 is 0.246 bits per heavy atom. The highest BCUT2D eigenvalue weighted by Crippen LogP contribution is 2.45. The summed E-state index contributed by atoms with van der Waals surface area (Å²) < 4.78 is 0. The first kappa shape index (κ1) is 33.0. The lowest BCUT2D eigenvalue weighted by Crippen LogP contribution is -2.61. The number of hydrogen-bond acceptors (Lipinski definition) is 2. The van der Waals surface area contributed by atoms with Crippen LogP contribution in [-0.4, -0.2) is 6.71 Å². The van der Waals surface area contributed by atoms with E-state index in [1.165, 1.54) is 83.6 Å². The van der Waals surface area contributed by atoms with Crippen LogP contribution < -0.4 is 26.2 Å². The van der Waals surface area contributed by atoms with Gasteiger partial charge in [0.05, 0.1) is 0 Å². The van der Waals surface area contributed by atoms with Crippen molar-refractivity contribution in [1.29, 1.82) is 0 Å². The number of nitrogens with zero attached hydrogens (tertiary/aromatic N) is 2. The van der Waals surface area contributed by atoms with Crippen LogP contribution in [0.2, 0.25) is 0 Å². The molecule has 0 saturated carbocycles. The first-order valence-corrected chi connectivity index (χ1v) is 19.7. The van der Waals surface area contributed by atoms with Crippen LogP contribution in [0.3, 0.4) is 0 Å². The molecular formula is C54H37BN2. The molecule has 0 N–H and O–H groups in total. The SMILES string of the molecule is c1ccc(-c2ccc(N3c4cc(-c5ccccc5)ccc4B4c5cc(-c6ccccc6)ccc5N(c5cccc(-c6ccccc6)c5)c5cccc3c54)cc2)cc1. The van der Waals surface area contributed by atoms with Crippen LogP contribution in [0.4, 0.5) is 34.1 Å². The standard InChI is InChI=1S/C54H37BN2/c1-5-15-38(16-6-1)42-27-31-46(32-28-42)56-51-25-14-26-52-54(51)55(48-33-29-45(37-53(48)56)41-21-11-4-12-22-41)49-36-44(40-19-9-3-10-20-40)30-34-50(49)57(52)47-24-13-23-43(35-47)39-17-7-2-8-18-39/h1-37H. The van der Waals surface area contributed by atoms with Crippen molar-refractivity contribution in [2.75, 3.05) is 9.80 Å². The molecule has 2 heterocycles. The van der Waals surface area contributed by atoms with Crippen LogP contribution in [0, 0.1) is 0 Å². The zero-order valence-corrected chi connectivity index (χ0v) is 31.3. The second-order valence-corrected chi connectivity index (χ2v) is 14.9. The normalized spacial score (nSPS) is 12.5. The molecule has 2 aliphatic heterocycles. The van der Waals surface area contributed by atoms with Crippen molar-refractivity contribution >= 4 is 57.2 Å². The first-order valence-electron chi connectivity index (χ1n) is 19.7.